The summed E-state index contributed by atoms with van der Waals surface area (Å²) in [4.78, 5) is 19.5. The number of aliphatic hydroxyl groups is 1. The summed E-state index contributed by atoms with van der Waals surface area (Å²) >= 11 is 0. The van der Waals surface area contributed by atoms with Crippen molar-refractivity contribution in [2.45, 2.75) is 19.3 Å². The molecular formula is C13H14N2O2. The van der Waals surface area contributed by atoms with Gasteiger partial charge in [-0.15, -0.1) is 0 Å². The van der Waals surface area contributed by atoms with Crippen molar-refractivity contribution in [2.24, 2.45) is 5.41 Å². The standard InChI is InChI=1S/C13H14N2O2/c16-7-13(4-1-5-13)12(17)9-2-3-10-11(6-9)15-8-14-10/h2-3,6,8,16H,1,4-5,7H2,(H,14,15). The van der Waals surface area contributed by atoms with E-state index in [4.69, 9.17) is 0 Å². The number of fused-ring (bicyclic) bond motifs is 1. The van der Waals surface area contributed by atoms with Crippen molar-refractivity contribution >= 4 is 16.8 Å². The van der Waals surface area contributed by atoms with E-state index in [1.54, 1.807) is 12.4 Å². The lowest BCUT2D eigenvalue weighted by Gasteiger charge is -2.38. The maximum absolute atomic E-state index is 12.4. The molecule has 1 aliphatic rings. The normalized spacial score (nSPS) is 17.9. The molecule has 17 heavy (non-hydrogen) atoms. The molecule has 1 aromatic heterocycles. The molecule has 2 N–H and O–H groups in total. The minimum absolute atomic E-state index is 0.0488. The largest absolute Gasteiger partial charge is 0.395 e. The fourth-order valence-corrected chi connectivity index (χ4v) is 2.44. The monoisotopic (exact) mass is 230 g/mol. The smallest absolute Gasteiger partial charge is 0.171 e. The van der Waals surface area contributed by atoms with Crippen LogP contribution in [0.15, 0.2) is 24.5 Å². The molecule has 1 aromatic carbocycles. The third-order valence-electron chi connectivity index (χ3n) is 3.78. The summed E-state index contributed by atoms with van der Waals surface area (Å²) in [6, 6.07) is 5.45. The van der Waals surface area contributed by atoms with Gasteiger partial charge in [0, 0.05) is 5.56 Å². The van der Waals surface area contributed by atoms with Gasteiger partial charge in [-0.25, -0.2) is 4.98 Å². The maximum Gasteiger partial charge on any atom is 0.171 e. The molecule has 1 heterocycles. The number of nitrogens with one attached hydrogen (secondary N) is 1. The maximum atomic E-state index is 12.4. The molecule has 0 atom stereocenters. The first kappa shape index (κ1) is 10.5. The van der Waals surface area contributed by atoms with Crippen LogP contribution in [0.1, 0.15) is 29.6 Å². The number of benzene rings is 1. The highest BCUT2D eigenvalue weighted by molar-refractivity contribution is 6.03. The van der Waals surface area contributed by atoms with Crippen LogP contribution in [0.3, 0.4) is 0 Å². The summed E-state index contributed by atoms with van der Waals surface area (Å²) in [5.74, 6) is 0.0581. The Hall–Kier alpha value is -1.68. The van der Waals surface area contributed by atoms with Crippen molar-refractivity contribution in [3.63, 3.8) is 0 Å². The molecule has 4 heteroatoms. The van der Waals surface area contributed by atoms with E-state index in [0.717, 1.165) is 30.3 Å². The Bertz CT molecular complexity index is 564. The summed E-state index contributed by atoms with van der Waals surface area (Å²) in [5.41, 5.74) is 1.86. The number of aliphatic hydroxyl groups excluding tert-OH is 1. The molecule has 0 aliphatic heterocycles. The number of aromatic nitrogens is 2. The number of nitrogens with zero attached hydrogens (tertiary/aromatic N) is 1. The number of aromatic amines is 1. The molecule has 1 fully saturated rings. The zero-order valence-corrected chi connectivity index (χ0v) is 9.44. The van der Waals surface area contributed by atoms with Crippen molar-refractivity contribution in [1.82, 2.24) is 9.97 Å². The number of hydrogen-bond acceptors (Lipinski definition) is 3. The fourth-order valence-electron chi connectivity index (χ4n) is 2.44. The molecular weight excluding hydrogens is 216 g/mol. The van der Waals surface area contributed by atoms with Crippen molar-refractivity contribution in [3.05, 3.63) is 30.1 Å². The molecule has 0 spiro atoms. The van der Waals surface area contributed by atoms with E-state index < -0.39 is 5.41 Å². The predicted octanol–water partition coefficient (Wildman–Crippen LogP) is 1.91. The Balaban J connectivity index is 2.00. The van der Waals surface area contributed by atoms with Crippen LogP contribution < -0.4 is 0 Å². The van der Waals surface area contributed by atoms with Crippen LogP contribution in [-0.2, 0) is 0 Å². The number of carbonyl (C=O) groups is 1. The van der Waals surface area contributed by atoms with Crippen LogP contribution >= 0.6 is 0 Å². The predicted molar refractivity (Wildman–Crippen MR) is 63.8 cm³/mol. The van der Waals surface area contributed by atoms with E-state index >= 15 is 0 Å². The minimum Gasteiger partial charge on any atom is -0.395 e. The average Bonchev–Trinajstić information content (AvgIpc) is 2.74. The summed E-state index contributed by atoms with van der Waals surface area (Å²) < 4.78 is 0. The lowest BCUT2D eigenvalue weighted by atomic mass is 9.65. The number of rotatable bonds is 3. The fraction of sp³-hybridized carbons (Fsp3) is 0.385. The Morgan fingerprint density at radius 2 is 2.29 bits per heavy atom. The van der Waals surface area contributed by atoms with E-state index in [-0.39, 0.29) is 12.4 Å². The van der Waals surface area contributed by atoms with Crippen LogP contribution in [0.2, 0.25) is 0 Å². The van der Waals surface area contributed by atoms with Gasteiger partial charge in [-0.05, 0) is 31.0 Å². The highest BCUT2D eigenvalue weighted by Gasteiger charge is 2.43. The van der Waals surface area contributed by atoms with E-state index in [2.05, 4.69) is 9.97 Å². The quantitative estimate of drug-likeness (QED) is 0.791. The second kappa shape index (κ2) is 3.67. The van der Waals surface area contributed by atoms with Crippen LogP contribution in [-0.4, -0.2) is 27.5 Å². The highest BCUT2D eigenvalue weighted by atomic mass is 16.3. The summed E-state index contributed by atoms with van der Waals surface area (Å²) in [6.45, 7) is -0.0488. The first-order valence-corrected chi connectivity index (χ1v) is 5.84. The van der Waals surface area contributed by atoms with Gasteiger partial charge in [0.05, 0.1) is 29.4 Å². The highest BCUT2D eigenvalue weighted by Crippen LogP contribution is 2.43. The van der Waals surface area contributed by atoms with Crippen LogP contribution in [0.5, 0.6) is 0 Å². The van der Waals surface area contributed by atoms with Crippen molar-refractivity contribution in [1.29, 1.82) is 0 Å². The van der Waals surface area contributed by atoms with Crippen molar-refractivity contribution in [2.75, 3.05) is 6.61 Å². The molecule has 0 saturated heterocycles. The van der Waals surface area contributed by atoms with E-state index in [1.165, 1.54) is 0 Å². The van der Waals surface area contributed by atoms with E-state index in [0.29, 0.717) is 5.56 Å². The molecule has 1 aliphatic carbocycles. The minimum atomic E-state index is -0.520. The molecule has 0 radical (unpaired) electrons. The lowest BCUT2D eigenvalue weighted by molar-refractivity contribution is 0.0348. The van der Waals surface area contributed by atoms with Crippen LogP contribution in [0.25, 0.3) is 11.0 Å². The average molecular weight is 230 g/mol. The molecule has 2 aromatic rings. The van der Waals surface area contributed by atoms with Crippen LogP contribution in [0.4, 0.5) is 0 Å². The Labute approximate surface area is 98.7 Å². The zero-order valence-electron chi connectivity index (χ0n) is 9.44. The number of hydrogen-bond donors (Lipinski definition) is 2. The van der Waals surface area contributed by atoms with Crippen molar-refractivity contribution < 1.29 is 9.90 Å². The Kier molecular flexibility index (Phi) is 2.26. The number of carbonyl (C=O) groups excluding carboxylic acids is 1. The van der Waals surface area contributed by atoms with Gasteiger partial charge >= 0.3 is 0 Å². The second-order valence-corrected chi connectivity index (χ2v) is 4.76. The molecule has 88 valence electrons. The Morgan fingerprint density at radius 3 is 2.94 bits per heavy atom. The van der Waals surface area contributed by atoms with Gasteiger partial charge in [0.2, 0.25) is 0 Å². The van der Waals surface area contributed by atoms with Gasteiger partial charge < -0.3 is 10.1 Å². The third-order valence-corrected chi connectivity index (χ3v) is 3.78. The van der Waals surface area contributed by atoms with Gasteiger partial charge in [-0.2, -0.15) is 0 Å². The molecule has 1 saturated carbocycles. The molecule has 0 bridgehead atoms. The number of ketones is 1. The topological polar surface area (TPSA) is 66.0 Å². The summed E-state index contributed by atoms with van der Waals surface area (Å²) in [6.07, 6.45) is 4.23. The summed E-state index contributed by atoms with van der Waals surface area (Å²) in [5, 5.41) is 9.40. The number of imidazole rings is 1. The zero-order chi connectivity index (χ0) is 11.9. The van der Waals surface area contributed by atoms with Gasteiger partial charge in [0.1, 0.15) is 0 Å². The SMILES string of the molecule is O=C(c1ccc2nc[nH]c2c1)C1(CO)CCC1. The lowest BCUT2D eigenvalue weighted by Crippen LogP contribution is -2.41. The van der Waals surface area contributed by atoms with E-state index in [9.17, 15) is 9.90 Å². The number of Topliss-reactive ketones (excluding diaryl/α,β-unsaturated/α-hetero) is 1. The van der Waals surface area contributed by atoms with Crippen molar-refractivity contribution in [3.8, 4) is 0 Å². The first-order chi connectivity index (χ1) is 8.25. The van der Waals surface area contributed by atoms with Crippen LogP contribution in [0, 0.1) is 5.41 Å². The molecule has 0 amide bonds. The van der Waals surface area contributed by atoms with Gasteiger partial charge in [0.25, 0.3) is 0 Å². The van der Waals surface area contributed by atoms with Gasteiger partial charge in [-0.3, -0.25) is 4.79 Å². The molecule has 4 nitrogen and oxygen atoms in total. The van der Waals surface area contributed by atoms with Gasteiger partial charge in [0.15, 0.2) is 5.78 Å². The third kappa shape index (κ3) is 1.48. The first-order valence-electron chi connectivity index (χ1n) is 5.84. The molecule has 3 rings (SSSR count). The molecule has 0 unspecified atom stereocenters. The van der Waals surface area contributed by atoms with E-state index in [1.807, 2.05) is 12.1 Å². The number of H-pyrrole nitrogens is 1. The Morgan fingerprint density at radius 1 is 1.47 bits per heavy atom. The second-order valence-electron chi connectivity index (χ2n) is 4.76. The summed E-state index contributed by atoms with van der Waals surface area (Å²) in [7, 11) is 0. The van der Waals surface area contributed by atoms with Gasteiger partial charge in [-0.1, -0.05) is 6.42 Å².